The van der Waals surface area contributed by atoms with Crippen LogP contribution in [0, 0.1) is 0 Å². The number of methoxy groups -OCH3 is 1. The highest BCUT2D eigenvalue weighted by molar-refractivity contribution is 6.04. The minimum atomic E-state index is -4.50. The van der Waals surface area contributed by atoms with Crippen LogP contribution in [0.1, 0.15) is 21.5 Å². The normalized spacial score (nSPS) is 14.1. The third-order valence-electron chi connectivity index (χ3n) is 4.40. The molecule has 1 aliphatic heterocycles. The summed E-state index contributed by atoms with van der Waals surface area (Å²) in [5, 5.41) is 2.47. The van der Waals surface area contributed by atoms with Crippen molar-refractivity contribution < 1.29 is 32.2 Å². The number of anilines is 1. The van der Waals surface area contributed by atoms with Gasteiger partial charge in [0, 0.05) is 37.0 Å². The van der Waals surface area contributed by atoms with Crippen molar-refractivity contribution in [2.75, 3.05) is 32.2 Å². The second kappa shape index (κ2) is 8.52. The summed E-state index contributed by atoms with van der Waals surface area (Å²) in [6.45, 7) is 0.851. The number of alkyl halides is 3. The van der Waals surface area contributed by atoms with Gasteiger partial charge in [-0.15, -0.1) is 0 Å². The SMILES string of the molecule is COCCN1Cc2cc(C(=O)Nc3cccc(C(F)(F)F)c3)ccc2OCC1=O. The van der Waals surface area contributed by atoms with E-state index in [1.807, 2.05) is 0 Å². The van der Waals surface area contributed by atoms with Crippen molar-refractivity contribution in [3.05, 3.63) is 59.2 Å². The molecule has 1 N–H and O–H groups in total. The van der Waals surface area contributed by atoms with E-state index in [1.54, 1.807) is 17.0 Å². The maximum atomic E-state index is 12.8. The third-order valence-corrected chi connectivity index (χ3v) is 4.40. The zero-order valence-corrected chi connectivity index (χ0v) is 15.6. The first kappa shape index (κ1) is 20.7. The molecular weight excluding hydrogens is 389 g/mol. The number of amides is 2. The van der Waals surface area contributed by atoms with Gasteiger partial charge in [-0.3, -0.25) is 9.59 Å². The number of fused-ring (bicyclic) bond motifs is 1. The monoisotopic (exact) mass is 408 g/mol. The fourth-order valence-corrected chi connectivity index (χ4v) is 2.89. The number of hydrogen-bond acceptors (Lipinski definition) is 4. The maximum absolute atomic E-state index is 12.8. The van der Waals surface area contributed by atoms with Crippen LogP contribution in [0.15, 0.2) is 42.5 Å². The van der Waals surface area contributed by atoms with Crippen molar-refractivity contribution >= 4 is 17.5 Å². The summed E-state index contributed by atoms with van der Waals surface area (Å²) < 4.78 is 49.0. The van der Waals surface area contributed by atoms with Crippen LogP contribution >= 0.6 is 0 Å². The second-order valence-corrected chi connectivity index (χ2v) is 6.45. The lowest BCUT2D eigenvalue weighted by Crippen LogP contribution is -2.34. The van der Waals surface area contributed by atoms with E-state index in [-0.39, 0.29) is 30.3 Å². The topological polar surface area (TPSA) is 67.9 Å². The molecule has 2 aromatic rings. The van der Waals surface area contributed by atoms with Crippen molar-refractivity contribution in [2.45, 2.75) is 12.7 Å². The van der Waals surface area contributed by atoms with Gasteiger partial charge in [-0.1, -0.05) is 6.07 Å². The third kappa shape index (κ3) is 5.05. The Morgan fingerprint density at radius 1 is 1.24 bits per heavy atom. The molecule has 9 heteroatoms. The smallest absolute Gasteiger partial charge is 0.416 e. The van der Waals surface area contributed by atoms with Crippen LogP contribution in [0.25, 0.3) is 0 Å². The molecule has 0 aliphatic carbocycles. The summed E-state index contributed by atoms with van der Waals surface area (Å²) in [5.74, 6) is -0.284. The minimum Gasteiger partial charge on any atom is -0.483 e. The average molecular weight is 408 g/mol. The highest BCUT2D eigenvalue weighted by Crippen LogP contribution is 2.31. The Labute approximate surface area is 165 Å². The predicted molar refractivity (Wildman–Crippen MR) is 98.6 cm³/mol. The first-order chi connectivity index (χ1) is 13.8. The maximum Gasteiger partial charge on any atom is 0.416 e. The van der Waals surface area contributed by atoms with E-state index in [1.165, 1.54) is 25.3 Å². The van der Waals surface area contributed by atoms with Crippen molar-refractivity contribution in [3.8, 4) is 5.75 Å². The van der Waals surface area contributed by atoms with Gasteiger partial charge in [0.05, 0.1) is 12.2 Å². The summed E-state index contributed by atoms with van der Waals surface area (Å²) in [6.07, 6.45) is -4.50. The van der Waals surface area contributed by atoms with Gasteiger partial charge in [0.15, 0.2) is 6.61 Å². The van der Waals surface area contributed by atoms with Crippen LogP contribution < -0.4 is 10.1 Å². The fraction of sp³-hybridized carbons (Fsp3) is 0.300. The van der Waals surface area contributed by atoms with Crippen molar-refractivity contribution in [2.24, 2.45) is 0 Å². The molecule has 0 atom stereocenters. The molecule has 2 aromatic carbocycles. The molecule has 1 heterocycles. The molecule has 2 amide bonds. The Balaban J connectivity index is 1.79. The van der Waals surface area contributed by atoms with Crippen molar-refractivity contribution in [3.63, 3.8) is 0 Å². The number of nitrogens with one attached hydrogen (secondary N) is 1. The Morgan fingerprint density at radius 2 is 2.03 bits per heavy atom. The van der Waals surface area contributed by atoms with Crippen LogP contribution in [0.2, 0.25) is 0 Å². The van der Waals surface area contributed by atoms with Crippen LogP contribution in [-0.4, -0.2) is 43.6 Å². The summed E-state index contributed by atoms with van der Waals surface area (Å²) in [7, 11) is 1.53. The number of hydrogen-bond donors (Lipinski definition) is 1. The van der Waals surface area contributed by atoms with Gasteiger partial charge in [-0.2, -0.15) is 13.2 Å². The Kier molecular flexibility index (Phi) is 6.07. The number of carbonyl (C=O) groups is 2. The van der Waals surface area contributed by atoms with Crippen molar-refractivity contribution in [1.82, 2.24) is 4.90 Å². The Bertz CT molecular complexity index is 915. The van der Waals surface area contributed by atoms with Gasteiger partial charge in [0.25, 0.3) is 11.8 Å². The lowest BCUT2D eigenvalue weighted by atomic mass is 10.1. The summed E-state index contributed by atoms with van der Waals surface area (Å²) in [6, 6.07) is 9.04. The van der Waals surface area contributed by atoms with E-state index in [0.717, 1.165) is 12.1 Å². The van der Waals surface area contributed by atoms with Gasteiger partial charge < -0.3 is 19.7 Å². The predicted octanol–water partition coefficient (Wildman–Crippen LogP) is 3.33. The van der Waals surface area contributed by atoms with Gasteiger partial charge >= 0.3 is 6.18 Å². The van der Waals surface area contributed by atoms with E-state index in [4.69, 9.17) is 9.47 Å². The fourth-order valence-electron chi connectivity index (χ4n) is 2.89. The molecule has 29 heavy (non-hydrogen) atoms. The number of benzene rings is 2. The number of halogens is 3. The second-order valence-electron chi connectivity index (χ2n) is 6.45. The molecule has 0 fully saturated rings. The molecule has 0 bridgehead atoms. The zero-order chi connectivity index (χ0) is 21.0. The molecule has 154 valence electrons. The van der Waals surface area contributed by atoms with Gasteiger partial charge in [0.1, 0.15) is 5.75 Å². The van der Waals surface area contributed by atoms with E-state index in [2.05, 4.69) is 5.32 Å². The van der Waals surface area contributed by atoms with Gasteiger partial charge in [-0.25, -0.2) is 0 Å². The number of nitrogens with zero attached hydrogens (tertiary/aromatic N) is 1. The lowest BCUT2D eigenvalue weighted by Gasteiger charge is -2.19. The van der Waals surface area contributed by atoms with Crippen LogP contribution in [0.3, 0.4) is 0 Å². The molecule has 0 radical (unpaired) electrons. The van der Waals surface area contributed by atoms with Crippen LogP contribution in [0.5, 0.6) is 5.75 Å². The molecular formula is C20H19F3N2O4. The number of ether oxygens (including phenoxy) is 2. The molecule has 0 saturated carbocycles. The van der Waals surface area contributed by atoms with Gasteiger partial charge in [-0.05, 0) is 36.4 Å². The minimum absolute atomic E-state index is 0.0351. The summed E-state index contributed by atoms with van der Waals surface area (Å²) in [4.78, 5) is 26.2. The van der Waals surface area contributed by atoms with E-state index >= 15 is 0 Å². The Hall–Kier alpha value is -3.07. The molecule has 0 spiro atoms. The summed E-state index contributed by atoms with van der Waals surface area (Å²) in [5.41, 5.74) is 0.0558. The summed E-state index contributed by atoms with van der Waals surface area (Å²) >= 11 is 0. The largest absolute Gasteiger partial charge is 0.483 e. The highest BCUT2D eigenvalue weighted by Gasteiger charge is 2.30. The standard InChI is InChI=1S/C20H19F3N2O4/c1-28-8-7-25-11-14-9-13(5-6-17(14)29-12-18(25)26)19(27)24-16-4-2-3-15(10-16)20(21,22)23/h2-6,9-10H,7-8,11-12H2,1H3,(H,24,27). The van der Waals surface area contributed by atoms with E-state index < -0.39 is 17.6 Å². The molecule has 0 aromatic heterocycles. The lowest BCUT2D eigenvalue weighted by molar-refractivity contribution is -0.137. The molecule has 0 saturated heterocycles. The number of rotatable bonds is 5. The van der Waals surface area contributed by atoms with Gasteiger partial charge in [0.2, 0.25) is 0 Å². The first-order valence-corrected chi connectivity index (χ1v) is 8.79. The van der Waals surface area contributed by atoms with Crippen molar-refractivity contribution in [1.29, 1.82) is 0 Å². The van der Waals surface area contributed by atoms with E-state index in [9.17, 15) is 22.8 Å². The molecule has 1 aliphatic rings. The van der Waals surface area contributed by atoms with Crippen LogP contribution in [0.4, 0.5) is 18.9 Å². The molecule has 6 nitrogen and oxygen atoms in total. The zero-order valence-electron chi connectivity index (χ0n) is 15.6. The Morgan fingerprint density at radius 3 is 2.76 bits per heavy atom. The first-order valence-electron chi connectivity index (χ1n) is 8.79. The molecule has 3 rings (SSSR count). The number of carbonyl (C=O) groups excluding carboxylic acids is 2. The average Bonchev–Trinajstić information content (AvgIpc) is 2.84. The van der Waals surface area contributed by atoms with E-state index in [0.29, 0.717) is 24.5 Å². The molecule has 0 unspecified atom stereocenters. The van der Waals surface area contributed by atoms with Crippen LogP contribution in [-0.2, 0) is 22.3 Å². The quantitative estimate of drug-likeness (QED) is 0.824. The highest BCUT2D eigenvalue weighted by atomic mass is 19.4.